The quantitative estimate of drug-likeness (QED) is 0.805. The minimum atomic E-state index is -0.805. The van der Waals surface area contributed by atoms with E-state index in [1.807, 2.05) is 20.8 Å². The number of likely N-dealkylation sites (tertiary alicyclic amines) is 1. The zero-order valence-corrected chi connectivity index (χ0v) is 10.9. The van der Waals surface area contributed by atoms with Gasteiger partial charge in [-0.2, -0.15) is 0 Å². The highest BCUT2D eigenvalue weighted by Gasteiger charge is 2.34. The molecule has 0 saturated carbocycles. The summed E-state index contributed by atoms with van der Waals surface area (Å²) < 4.78 is 5.25. The zero-order valence-electron chi connectivity index (χ0n) is 10.9. The van der Waals surface area contributed by atoms with Gasteiger partial charge in [0, 0.05) is 13.1 Å². The molecule has 2 atom stereocenters. The average Bonchev–Trinajstić information content (AvgIpc) is 2.62. The van der Waals surface area contributed by atoms with E-state index < -0.39 is 17.5 Å². The van der Waals surface area contributed by atoms with Crippen molar-refractivity contribution in [3.05, 3.63) is 0 Å². The Morgan fingerprint density at radius 2 is 2.00 bits per heavy atom. The Morgan fingerprint density at radius 3 is 2.47 bits per heavy atom. The third kappa shape index (κ3) is 3.91. The van der Waals surface area contributed by atoms with Crippen molar-refractivity contribution in [1.82, 2.24) is 4.90 Å². The van der Waals surface area contributed by atoms with Gasteiger partial charge in [-0.15, -0.1) is 0 Å². The minimum absolute atomic E-state index is 0.0278. The molecule has 1 aliphatic heterocycles. The van der Waals surface area contributed by atoms with E-state index >= 15 is 0 Å². The highest BCUT2D eigenvalue weighted by atomic mass is 16.6. The summed E-state index contributed by atoms with van der Waals surface area (Å²) >= 11 is 0. The van der Waals surface area contributed by atoms with E-state index in [4.69, 9.17) is 9.84 Å². The predicted octanol–water partition coefficient (Wildman–Crippen LogP) is 1.96. The van der Waals surface area contributed by atoms with Crippen molar-refractivity contribution in [3.63, 3.8) is 0 Å². The number of aliphatic carboxylic acids is 1. The van der Waals surface area contributed by atoms with Gasteiger partial charge in [-0.05, 0) is 33.1 Å². The van der Waals surface area contributed by atoms with Crippen molar-refractivity contribution in [3.8, 4) is 0 Å². The highest BCUT2D eigenvalue weighted by molar-refractivity contribution is 5.71. The number of carboxylic acids is 1. The lowest BCUT2D eigenvalue weighted by Crippen LogP contribution is -2.36. The van der Waals surface area contributed by atoms with Crippen LogP contribution >= 0.6 is 0 Å². The van der Waals surface area contributed by atoms with Crippen molar-refractivity contribution in [2.24, 2.45) is 11.8 Å². The van der Waals surface area contributed by atoms with Gasteiger partial charge in [0.1, 0.15) is 5.60 Å². The van der Waals surface area contributed by atoms with E-state index in [0.717, 1.165) is 6.42 Å². The topological polar surface area (TPSA) is 66.8 Å². The van der Waals surface area contributed by atoms with Crippen molar-refractivity contribution >= 4 is 12.1 Å². The molecule has 1 amide bonds. The molecule has 5 nitrogen and oxygen atoms in total. The third-order valence-electron chi connectivity index (χ3n) is 2.97. The van der Waals surface area contributed by atoms with Crippen LogP contribution in [0.2, 0.25) is 0 Å². The number of rotatable bonds is 2. The molecule has 1 saturated heterocycles. The molecule has 1 heterocycles. The maximum atomic E-state index is 11.8. The lowest BCUT2D eigenvalue weighted by molar-refractivity contribution is -0.142. The summed E-state index contributed by atoms with van der Waals surface area (Å²) in [5, 5.41) is 8.92. The molecule has 98 valence electrons. The Morgan fingerprint density at radius 1 is 1.41 bits per heavy atom. The fourth-order valence-electron chi connectivity index (χ4n) is 1.89. The van der Waals surface area contributed by atoms with Gasteiger partial charge in [-0.1, -0.05) is 6.92 Å². The van der Waals surface area contributed by atoms with E-state index in [2.05, 4.69) is 0 Å². The number of carbonyl (C=O) groups is 2. The zero-order chi connectivity index (χ0) is 13.2. The van der Waals surface area contributed by atoms with Crippen LogP contribution in [-0.4, -0.2) is 40.8 Å². The molecule has 0 aromatic heterocycles. The number of amides is 1. The first kappa shape index (κ1) is 13.8. The molecule has 1 aliphatic rings. The Bertz CT molecular complexity index is 308. The molecule has 1 N–H and O–H groups in total. The standard InChI is InChI=1S/C12H21NO4/c1-8(10(14)15)9-5-6-13(7-9)11(16)17-12(2,3)4/h8-9H,5-7H2,1-4H3,(H,14,15)/t8?,9-/m1/s1. The summed E-state index contributed by atoms with van der Waals surface area (Å²) in [7, 11) is 0. The van der Waals surface area contributed by atoms with E-state index in [0.29, 0.717) is 13.1 Å². The number of carbonyl (C=O) groups excluding carboxylic acids is 1. The fraction of sp³-hybridized carbons (Fsp3) is 0.833. The van der Waals surface area contributed by atoms with Gasteiger partial charge in [0.15, 0.2) is 0 Å². The SMILES string of the molecule is CC(C(=O)O)[C@@H]1CCN(C(=O)OC(C)(C)C)C1. The highest BCUT2D eigenvalue weighted by Crippen LogP contribution is 2.25. The number of ether oxygens (including phenoxy) is 1. The van der Waals surface area contributed by atoms with Crippen LogP contribution in [0.15, 0.2) is 0 Å². The summed E-state index contributed by atoms with van der Waals surface area (Å²) in [5.41, 5.74) is -0.506. The summed E-state index contributed by atoms with van der Waals surface area (Å²) in [6.45, 7) is 8.19. The maximum absolute atomic E-state index is 11.8. The Labute approximate surface area is 102 Å². The second-order valence-electron chi connectivity index (χ2n) is 5.60. The summed E-state index contributed by atoms with van der Waals surface area (Å²) in [6.07, 6.45) is 0.379. The lowest BCUT2D eigenvalue weighted by Gasteiger charge is -2.24. The maximum Gasteiger partial charge on any atom is 0.410 e. The molecule has 1 rings (SSSR count). The van der Waals surface area contributed by atoms with E-state index in [9.17, 15) is 9.59 Å². The lowest BCUT2D eigenvalue weighted by atomic mass is 9.94. The summed E-state index contributed by atoms with van der Waals surface area (Å²) in [5.74, 6) is -1.19. The van der Waals surface area contributed by atoms with Crippen LogP contribution in [0.5, 0.6) is 0 Å². The average molecular weight is 243 g/mol. The second-order valence-corrected chi connectivity index (χ2v) is 5.60. The molecule has 0 radical (unpaired) electrons. The van der Waals surface area contributed by atoms with Crippen LogP contribution in [0.25, 0.3) is 0 Å². The van der Waals surface area contributed by atoms with Crippen molar-refractivity contribution in [1.29, 1.82) is 0 Å². The first-order chi connectivity index (χ1) is 7.70. The predicted molar refractivity (Wildman–Crippen MR) is 62.7 cm³/mol. The third-order valence-corrected chi connectivity index (χ3v) is 2.97. The normalized spacial score (nSPS) is 22.4. The van der Waals surface area contributed by atoms with Crippen molar-refractivity contribution < 1.29 is 19.4 Å². The first-order valence-electron chi connectivity index (χ1n) is 5.91. The molecule has 0 spiro atoms. The Hall–Kier alpha value is -1.26. The summed E-state index contributed by atoms with van der Waals surface area (Å²) in [6, 6.07) is 0. The smallest absolute Gasteiger partial charge is 0.410 e. The molecular weight excluding hydrogens is 222 g/mol. The van der Waals surface area contributed by atoms with Gasteiger partial charge in [-0.3, -0.25) is 4.79 Å². The van der Waals surface area contributed by atoms with Crippen LogP contribution < -0.4 is 0 Å². The second kappa shape index (κ2) is 4.94. The minimum Gasteiger partial charge on any atom is -0.481 e. The van der Waals surface area contributed by atoms with Gasteiger partial charge < -0.3 is 14.7 Å². The van der Waals surface area contributed by atoms with Crippen LogP contribution in [0.1, 0.15) is 34.1 Å². The van der Waals surface area contributed by atoms with Crippen LogP contribution in [0, 0.1) is 11.8 Å². The Kier molecular flexibility index (Phi) is 4.01. The monoisotopic (exact) mass is 243 g/mol. The van der Waals surface area contributed by atoms with E-state index in [1.165, 1.54) is 0 Å². The van der Waals surface area contributed by atoms with Gasteiger partial charge in [0.25, 0.3) is 0 Å². The van der Waals surface area contributed by atoms with Gasteiger partial charge in [0.2, 0.25) is 0 Å². The molecular formula is C12H21NO4. The van der Waals surface area contributed by atoms with Gasteiger partial charge in [-0.25, -0.2) is 4.79 Å². The molecule has 17 heavy (non-hydrogen) atoms. The fourth-order valence-corrected chi connectivity index (χ4v) is 1.89. The number of hydrogen-bond donors (Lipinski definition) is 1. The summed E-state index contributed by atoms with van der Waals surface area (Å²) in [4.78, 5) is 24.2. The van der Waals surface area contributed by atoms with Crippen molar-refractivity contribution in [2.45, 2.75) is 39.7 Å². The number of nitrogens with zero attached hydrogens (tertiary/aromatic N) is 1. The first-order valence-corrected chi connectivity index (χ1v) is 5.91. The van der Waals surface area contributed by atoms with Crippen LogP contribution in [0.4, 0.5) is 4.79 Å². The number of hydrogen-bond acceptors (Lipinski definition) is 3. The van der Waals surface area contributed by atoms with Gasteiger partial charge in [0.05, 0.1) is 5.92 Å². The van der Waals surface area contributed by atoms with Crippen LogP contribution in [-0.2, 0) is 9.53 Å². The number of carboxylic acid groups (broad SMARTS) is 1. The molecule has 0 aromatic rings. The van der Waals surface area contributed by atoms with Crippen molar-refractivity contribution in [2.75, 3.05) is 13.1 Å². The largest absolute Gasteiger partial charge is 0.481 e. The molecule has 0 aromatic carbocycles. The van der Waals surface area contributed by atoms with E-state index in [1.54, 1.807) is 11.8 Å². The molecule has 1 fully saturated rings. The molecule has 0 bridgehead atoms. The molecule has 5 heteroatoms. The molecule has 0 aliphatic carbocycles. The molecule has 1 unspecified atom stereocenters. The van der Waals surface area contributed by atoms with Gasteiger partial charge >= 0.3 is 12.1 Å². The van der Waals surface area contributed by atoms with E-state index in [-0.39, 0.29) is 12.0 Å². The Balaban J connectivity index is 2.50. The van der Waals surface area contributed by atoms with Crippen LogP contribution in [0.3, 0.4) is 0 Å².